The third-order valence-corrected chi connectivity index (χ3v) is 2.40. The van der Waals surface area contributed by atoms with Gasteiger partial charge in [0.05, 0.1) is 0 Å². The minimum absolute atomic E-state index is 0.353. The van der Waals surface area contributed by atoms with Gasteiger partial charge in [0.2, 0.25) is 5.95 Å². The smallest absolute Gasteiger partial charge is 0.202 e. The van der Waals surface area contributed by atoms with Gasteiger partial charge in [0, 0.05) is 25.5 Å². The number of anilines is 1. The summed E-state index contributed by atoms with van der Waals surface area (Å²) in [5, 5.41) is 3.31. The van der Waals surface area contributed by atoms with E-state index < -0.39 is 0 Å². The van der Waals surface area contributed by atoms with Gasteiger partial charge in [-0.05, 0) is 19.4 Å². The third-order valence-electron chi connectivity index (χ3n) is 2.40. The molecule has 2 atom stereocenters. The van der Waals surface area contributed by atoms with E-state index in [1.54, 1.807) is 6.20 Å². The first kappa shape index (κ1) is 10.1. The number of nitrogens with two attached hydrogens (primary N) is 1. The standard InChI is InChI=1S/C9H18N4/c1-7(6-10)8(2)12-9-11-4-5-13(9)3/h4-5,7-8H,6,10H2,1-3H3,(H,11,12). The Kier molecular flexibility index (Phi) is 3.31. The highest BCUT2D eigenvalue weighted by Gasteiger charge is 2.11. The molecule has 0 amide bonds. The van der Waals surface area contributed by atoms with Crippen LogP contribution in [0.2, 0.25) is 0 Å². The number of imidazole rings is 1. The molecular formula is C9H18N4. The van der Waals surface area contributed by atoms with Crippen molar-refractivity contribution in [1.82, 2.24) is 9.55 Å². The van der Waals surface area contributed by atoms with Crippen molar-refractivity contribution in [2.75, 3.05) is 11.9 Å². The number of nitrogens with one attached hydrogen (secondary N) is 1. The molecule has 74 valence electrons. The molecule has 0 aromatic carbocycles. The Morgan fingerprint density at radius 2 is 2.31 bits per heavy atom. The lowest BCUT2D eigenvalue weighted by molar-refractivity contribution is 0.517. The molecule has 1 aromatic rings. The van der Waals surface area contributed by atoms with Gasteiger partial charge in [0.15, 0.2) is 0 Å². The second-order valence-corrected chi connectivity index (χ2v) is 3.51. The quantitative estimate of drug-likeness (QED) is 0.724. The molecule has 3 N–H and O–H groups in total. The lowest BCUT2D eigenvalue weighted by Crippen LogP contribution is -2.30. The average molecular weight is 182 g/mol. The first-order chi connectivity index (χ1) is 6.15. The van der Waals surface area contributed by atoms with Crippen LogP contribution in [0.5, 0.6) is 0 Å². The lowest BCUT2D eigenvalue weighted by atomic mass is 10.0. The van der Waals surface area contributed by atoms with E-state index >= 15 is 0 Å². The van der Waals surface area contributed by atoms with E-state index in [-0.39, 0.29) is 0 Å². The number of aromatic nitrogens is 2. The zero-order chi connectivity index (χ0) is 9.84. The second kappa shape index (κ2) is 4.28. The van der Waals surface area contributed by atoms with Gasteiger partial charge >= 0.3 is 0 Å². The fourth-order valence-corrected chi connectivity index (χ4v) is 1.05. The van der Waals surface area contributed by atoms with Gasteiger partial charge in [-0.2, -0.15) is 0 Å². The van der Waals surface area contributed by atoms with Crippen molar-refractivity contribution in [2.45, 2.75) is 19.9 Å². The monoisotopic (exact) mass is 182 g/mol. The molecule has 0 bridgehead atoms. The summed E-state index contributed by atoms with van der Waals surface area (Å²) in [7, 11) is 1.97. The van der Waals surface area contributed by atoms with Crippen LogP contribution in [-0.2, 0) is 7.05 Å². The van der Waals surface area contributed by atoms with Gasteiger partial charge in [-0.3, -0.25) is 0 Å². The number of hydrogen-bond acceptors (Lipinski definition) is 3. The van der Waals surface area contributed by atoms with Crippen molar-refractivity contribution in [1.29, 1.82) is 0 Å². The molecule has 4 heteroatoms. The third kappa shape index (κ3) is 2.45. The Labute approximate surface area is 79.1 Å². The molecule has 0 aliphatic rings. The highest BCUT2D eigenvalue weighted by molar-refractivity contribution is 5.26. The second-order valence-electron chi connectivity index (χ2n) is 3.51. The van der Waals surface area contributed by atoms with Crippen LogP contribution < -0.4 is 11.1 Å². The van der Waals surface area contributed by atoms with E-state index in [0.29, 0.717) is 18.5 Å². The lowest BCUT2D eigenvalue weighted by Gasteiger charge is -2.20. The van der Waals surface area contributed by atoms with Gasteiger partial charge in [-0.25, -0.2) is 4.98 Å². The van der Waals surface area contributed by atoms with Crippen LogP contribution in [0.15, 0.2) is 12.4 Å². The van der Waals surface area contributed by atoms with Gasteiger partial charge in [0.25, 0.3) is 0 Å². The van der Waals surface area contributed by atoms with Crippen molar-refractivity contribution in [3.8, 4) is 0 Å². The van der Waals surface area contributed by atoms with Crippen molar-refractivity contribution >= 4 is 5.95 Å². The first-order valence-corrected chi connectivity index (χ1v) is 4.59. The summed E-state index contributed by atoms with van der Waals surface area (Å²) in [6.45, 7) is 4.94. The summed E-state index contributed by atoms with van der Waals surface area (Å²) in [6.07, 6.45) is 3.70. The van der Waals surface area contributed by atoms with Crippen molar-refractivity contribution < 1.29 is 0 Å². The molecule has 0 aliphatic carbocycles. The Balaban J connectivity index is 2.54. The molecular weight excluding hydrogens is 164 g/mol. The number of rotatable bonds is 4. The van der Waals surface area contributed by atoms with Crippen LogP contribution in [0.3, 0.4) is 0 Å². The summed E-state index contributed by atoms with van der Waals surface area (Å²) >= 11 is 0. The summed E-state index contributed by atoms with van der Waals surface area (Å²) in [5.74, 6) is 1.35. The van der Waals surface area contributed by atoms with Crippen molar-refractivity contribution in [3.63, 3.8) is 0 Å². The van der Waals surface area contributed by atoms with Gasteiger partial charge in [-0.1, -0.05) is 6.92 Å². The topological polar surface area (TPSA) is 55.9 Å². The molecule has 1 aromatic heterocycles. The molecule has 0 radical (unpaired) electrons. The molecule has 13 heavy (non-hydrogen) atoms. The Hall–Kier alpha value is -1.03. The fourth-order valence-electron chi connectivity index (χ4n) is 1.05. The molecule has 1 rings (SSSR count). The Morgan fingerprint density at radius 1 is 1.62 bits per heavy atom. The van der Waals surface area contributed by atoms with Crippen molar-refractivity contribution in [3.05, 3.63) is 12.4 Å². The van der Waals surface area contributed by atoms with E-state index in [1.165, 1.54) is 0 Å². The highest BCUT2D eigenvalue weighted by atomic mass is 15.2. The SMILES string of the molecule is CC(CN)C(C)Nc1nccn1C. The fraction of sp³-hybridized carbons (Fsp3) is 0.667. The zero-order valence-electron chi connectivity index (χ0n) is 8.49. The maximum absolute atomic E-state index is 5.57. The summed E-state index contributed by atoms with van der Waals surface area (Å²) in [4.78, 5) is 4.18. The van der Waals surface area contributed by atoms with E-state index in [1.807, 2.05) is 17.8 Å². The largest absolute Gasteiger partial charge is 0.353 e. The highest BCUT2D eigenvalue weighted by Crippen LogP contribution is 2.08. The minimum Gasteiger partial charge on any atom is -0.353 e. The number of aryl methyl sites for hydroxylation is 1. The van der Waals surface area contributed by atoms with Crippen molar-refractivity contribution in [2.24, 2.45) is 18.7 Å². The van der Waals surface area contributed by atoms with E-state index in [0.717, 1.165) is 5.95 Å². The minimum atomic E-state index is 0.353. The van der Waals surface area contributed by atoms with Crippen LogP contribution in [-0.4, -0.2) is 22.1 Å². The molecule has 4 nitrogen and oxygen atoms in total. The molecule has 0 fully saturated rings. The van der Waals surface area contributed by atoms with Gasteiger partial charge < -0.3 is 15.6 Å². The molecule has 1 heterocycles. The maximum atomic E-state index is 5.57. The summed E-state index contributed by atoms with van der Waals surface area (Å²) < 4.78 is 1.96. The first-order valence-electron chi connectivity index (χ1n) is 4.59. The zero-order valence-corrected chi connectivity index (χ0v) is 8.49. The van der Waals surface area contributed by atoms with Gasteiger partial charge in [-0.15, -0.1) is 0 Å². The van der Waals surface area contributed by atoms with Crippen LogP contribution in [0.1, 0.15) is 13.8 Å². The summed E-state index contributed by atoms with van der Waals surface area (Å²) in [5.41, 5.74) is 5.57. The van der Waals surface area contributed by atoms with Gasteiger partial charge in [0.1, 0.15) is 0 Å². The van der Waals surface area contributed by atoms with E-state index in [2.05, 4.69) is 24.1 Å². The maximum Gasteiger partial charge on any atom is 0.202 e. The number of hydrogen-bond donors (Lipinski definition) is 2. The molecule has 0 spiro atoms. The molecule has 0 aliphatic heterocycles. The molecule has 0 saturated carbocycles. The molecule has 2 unspecified atom stereocenters. The predicted molar refractivity (Wildman–Crippen MR) is 54.5 cm³/mol. The van der Waals surface area contributed by atoms with E-state index in [9.17, 15) is 0 Å². The van der Waals surface area contributed by atoms with Crippen LogP contribution in [0.25, 0.3) is 0 Å². The Bertz CT molecular complexity index is 256. The van der Waals surface area contributed by atoms with E-state index in [4.69, 9.17) is 5.73 Å². The molecule has 0 saturated heterocycles. The van der Waals surface area contributed by atoms with Crippen LogP contribution in [0.4, 0.5) is 5.95 Å². The predicted octanol–water partition coefficient (Wildman–Crippen LogP) is 0.815. The Morgan fingerprint density at radius 3 is 2.77 bits per heavy atom. The average Bonchev–Trinajstić information content (AvgIpc) is 2.50. The number of nitrogens with zero attached hydrogens (tertiary/aromatic N) is 2. The van der Waals surface area contributed by atoms with Crippen LogP contribution in [0, 0.1) is 5.92 Å². The normalized spacial score (nSPS) is 15.4. The summed E-state index contributed by atoms with van der Waals surface area (Å²) in [6, 6.07) is 0.353. The van der Waals surface area contributed by atoms with Crippen LogP contribution >= 0.6 is 0 Å².